The van der Waals surface area contributed by atoms with E-state index in [1.54, 1.807) is 16.3 Å². The zero-order valence-electron chi connectivity index (χ0n) is 23.6. The first-order valence-corrected chi connectivity index (χ1v) is 15.0. The van der Waals surface area contributed by atoms with Crippen molar-refractivity contribution in [1.29, 1.82) is 0 Å². The van der Waals surface area contributed by atoms with Crippen LogP contribution in [0.3, 0.4) is 0 Å². The number of ether oxygens (including phenoxy) is 1. The summed E-state index contributed by atoms with van der Waals surface area (Å²) in [6.45, 7) is 5.55. The maximum absolute atomic E-state index is 13.2. The molecule has 1 fully saturated rings. The number of para-hydroxylation sites is 1. The van der Waals surface area contributed by atoms with Crippen molar-refractivity contribution in [1.82, 2.24) is 39.6 Å². The number of benzene rings is 2. The molecule has 3 aromatic heterocycles. The first-order valence-electron chi connectivity index (χ1n) is 13.7. The van der Waals surface area contributed by atoms with Crippen LogP contribution in [-0.4, -0.2) is 78.2 Å². The van der Waals surface area contributed by atoms with Crippen LogP contribution in [0.2, 0.25) is 0 Å². The quantitative estimate of drug-likeness (QED) is 0.274. The van der Waals surface area contributed by atoms with Crippen LogP contribution in [0.1, 0.15) is 18.2 Å². The predicted octanol–water partition coefficient (Wildman–Crippen LogP) is 3.74. The second-order valence-corrected chi connectivity index (χ2v) is 10.8. The highest BCUT2D eigenvalue weighted by atomic mass is 32.2. The molecule has 42 heavy (non-hydrogen) atoms. The molecule has 1 atom stereocenters. The maximum atomic E-state index is 13.2. The van der Waals surface area contributed by atoms with Gasteiger partial charge in [0.05, 0.1) is 23.3 Å². The summed E-state index contributed by atoms with van der Waals surface area (Å²) in [5, 5.41) is 16.4. The lowest BCUT2D eigenvalue weighted by atomic mass is 10.2. The Balaban J connectivity index is 1.35. The number of rotatable bonds is 7. The number of anilines is 1. The fraction of sp³-hybridized carbons (Fsp3) is 0.310. The van der Waals surface area contributed by atoms with E-state index >= 15 is 0 Å². The lowest BCUT2D eigenvalue weighted by molar-refractivity contribution is -0.121. The normalized spacial score (nSPS) is 15.5. The molecular weight excluding hydrogens is 554 g/mol. The standard InChI is InChI=1S/C29H31N9O3S/c1-4-37-15-21(18(2)34-37)25-33-26-20-11-8-12-23(42-3)24(20)32-28(38(26)35-25)31-22-16-36(14-13-30-27(22)39)29(40)41-17-19-9-6-5-7-10-19/h5-12,15,22H,4,13-14,16-17H2,1-3H3,(H,30,39)(H,31,32)/t22-/m1/s1. The molecule has 2 N–H and O–H groups in total. The zero-order chi connectivity index (χ0) is 29.2. The van der Waals surface area contributed by atoms with Gasteiger partial charge in [0, 0.05) is 36.1 Å². The number of amides is 2. The van der Waals surface area contributed by atoms with E-state index in [0.29, 0.717) is 30.5 Å². The summed E-state index contributed by atoms with van der Waals surface area (Å²) < 4.78 is 9.03. The smallest absolute Gasteiger partial charge is 0.410 e. The van der Waals surface area contributed by atoms with E-state index in [-0.39, 0.29) is 19.1 Å². The third-order valence-electron chi connectivity index (χ3n) is 7.16. The van der Waals surface area contributed by atoms with Gasteiger partial charge in [-0.25, -0.2) is 14.8 Å². The Morgan fingerprint density at radius 1 is 1.14 bits per heavy atom. The average molecular weight is 586 g/mol. The Morgan fingerprint density at radius 2 is 1.98 bits per heavy atom. The van der Waals surface area contributed by atoms with Crippen molar-refractivity contribution in [3.63, 3.8) is 0 Å². The molecule has 216 valence electrons. The number of hydrogen-bond donors (Lipinski definition) is 2. The van der Waals surface area contributed by atoms with Crippen LogP contribution in [0.25, 0.3) is 27.9 Å². The van der Waals surface area contributed by atoms with Crippen molar-refractivity contribution in [3.8, 4) is 11.4 Å². The molecule has 2 amide bonds. The van der Waals surface area contributed by atoms with E-state index in [4.69, 9.17) is 19.8 Å². The zero-order valence-corrected chi connectivity index (χ0v) is 24.4. The number of nitrogens with one attached hydrogen (secondary N) is 2. The van der Waals surface area contributed by atoms with Crippen LogP contribution in [0.5, 0.6) is 0 Å². The number of carbonyl (C=O) groups excluding carboxylic acids is 2. The lowest BCUT2D eigenvalue weighted by Crippen LogP contribution is -2.44. The molecular formula is C29H31N9O3S. The van der Waals surface area contributed by atoms with Gasteiger partial charge in [-0.1, -0.05) is 36.4 Å². The minimum Gasteiger partial charge on any atom is -0.445 e. The van der Waals surface area contributed by atoms with Gasteiger partial charge in [-0.05, 0) is 37.8 Å². The summed E-state index contributed by atoms with van der Waals surface area (Å²) in [5.74, 6) is 0.607. The van der Waals surface area contributed by atoms with E-state index in [0.717, 1.165) is 39.2 Å². The molecule has 0 bridgehead atoms. The van der Waals surface area contributed by atoms with Crippen LogP contribution < -0.4 is 10.6 Å². The Kier molecular flexibility index (Phi) is 7.66. The lowest BCUT2D eigenvalue weighted by Gasteiger charge is -2.23. The van der Waals surface area contributed by atoms with E-state index in [1.165, 1.54) is 4.90 Å². The molecule has 12 nitrogen and oxygen atoms in total. The van der Waals surface area contributed by atoms with Crippen molar-refractivity contribution in [3.05, 3.63) is 66.0 Å². The van der Waals surface area contributed by atoms with Crippen LogP contribution in [0, 0.1) is 6.92 Å². The first-order chi connectivity index (χ1) is 20.4. The Morgan fingerprint density at radius 3 is 2.74 bits per heavy atom. The van der Waals surface area contributed by atoms with Gasteiger partial charge < -0.3 is 20.3 Å². The minimum atomic E-state index is -0.802. The maximum Gasteiger partial charge on any atom is 0.410 e. The van der Waals surface area contributed by atoms with Gasteiger partial charge in [0.25, 0.3) is 0 Å². The van der Waals surface area contributed by atoms with Gasteiger partial charge in [-0.2, -0.15) is 9.61 Å². The Labute approximate surface area is 246 Å². The van der Waals surface area contributed by atoms with Crippen LogP contribution >= 0.6 is 11.8 Å². The van der Waals surface area contributed by atoms with E-state index < -0.39 is 12.1 Å². The number of aromatic nitrogens is 6. The number of nitrogens with zero attached hydrogens (tertiary/aromatic N) is 7. The monoisotopic (exact) mass is 585 g/mol. The predicted molar refractivity (Wildman–Crippen MR) is 160 cm³/mol. The van der Waals surface area contributed by atoms with Gasteiger partial charge in [0.1, 0.15) is 12.6 Å². The number of hydrogen-bond acceptors (Lipinski definition) is 9. The minimum absolute atomic E-state index is 0.0920. The van der Waals surface area contributed by atoms with Crippen LogP contribution in [0.4, 0.5) is 10.7 Å². The van der Waals surface area contributed by atoms with Gasteiger partial charge in [-0.15, -0.1) is 16.9 Å². The first kappa shape index (κ1) is 27.5. The number of fused-ring (bicyclic) bond motifs is 3. The van der Waals surface area contributed by atoms with Crippen molar-refractivity contribution < 1.29 is 14.3 Å². The Bertz CT molecular complexity index is 1770. The van der Waals surface area contributed by atoms with Crippen molar-refractivity contribution in [2.45, 2.75) is 37.9 Å². The third-order valence-corrected chi connectivity index (χ3v) is 7.93. The second kappa shape index (κ2) is 11.7. The SMILES string of the molecule is CCn1cc(-c2nc3c4cccc(SC)c4nc(N[C@@H]4CN(C(=O)OCc5ccccc5)CCNC4=O)n3n2)c(C)n1. The third kappa shape index (κ3) is 5.34. The van der Waals surface area contributed by atoms with Gasteiger partial charge in [0.15, 0.2) is 11.5 Å². The topological polar surface area (TPSA) is 132 Å². The van der Waals surface area contributed by atoms with Gasteiger partial charge in [-0.3, -0.25) is 9.48 Å². The molecule has 13 heteroatoms. The van der Waals surface area contributed by atoms with E-state index in [9.17, 15) is 9.59 Å². The molecule has 1 saturated heterocycles. The van der Waals surface area contributed by atoms with Crippen LogP contribution in [0.15, 0.2) is 59.6 Å². The molecule has 2 aromatic carbocycles. The molecule has 0 saturated carbocycles. The number of aryl methyl sites for hydroxylation is 2. The number of carbonyl (C=O) groups is 2. The summed E-state index contributed by atoms with van der Waals surface area (Å²) in [6, 6.07) is 14.6. The summed E-state index contributed by atoms with van der Waals surface area (Å²) in [4.78, 5) is 38.5. The van der Waals surface area contributed by atoms with Crippen molar-refractivity contribution in [2.24, 2.45) is 0 Å². The summed E-state index contributed by atoms with van der Waals surface area (Å²) in [7, 11) is 0. The number of thioether (sulfide) groups is 1. The Hall–Kier alpha value is -4.65. The fourth-order valence-corrected chi connectivity index (χ4v) is 5.52. The molecule has 0 radical (unpaired) electrons. The molecule has 6 rings (SSSR count). The highest BCUT2D eigenvalue weighted by Gasteiger charge is 2.30. The van der Waals surface area contributed by atoms with Gasteiger partial charge >= 0.3 is 6.09 Å². The van der Waals surface area contributed by atoms with E-state index in [1.807, 2.05) is 79.5 Å². The molecule has 4 heterocycles. The second-order valence-electron chi connectivity index (χ2n) is 9.92. The van der Waals surface area contributed by atoms with Crippen molar-refractivity contribution >= 4 is 46.3 Å². The molecule has 0 spiro atoms. The van der Waals surface area contributed by atoms with E-state index in [2.05, 4.69) is 15.7 Å². The highest BCUT2D eigenvalue weighted by molar-refractivity contribution is 7.98. The largest absolute Gasteiger partial charge is 0.445 e. The molecule has 0 aliphatic carbocycles. The fourth-order valence-electron chi connectivity index (χ4n) is 4.95. The molecule has 1 aliphatic heterocycles. The summed E-state index contributed by atoms with van der Waals surface area (Å²) in [6.07, 6.45) is 3.43. The molecule has 5 aromatic rings. The van der Waals surface area contributed by atoms with Crippen molar-refractivity contribution in [2.75, 3.05) is 31.2 Å². The average Bonchev–Trinajstić information content (AvgIpc) is 3.57. The van der Waals surface area contributed by atoms with Crippen LogP contribution in [-0.2, 0) is 22.7 Å². The highest BCUT2D eigenvalue weighted by Crippen LogP contribution is 2.31. The van der Waals surface area contributed by atoms with Gasteiger partial charge in [0.2, 0.25) is 11.9 Å². The molecule has 1 aliphatic rings. The summed E-state index contributed by atoms with van der Waals surface area (Å²) in [5.41, 5.74) is 3.87. The summed E-state index contributed by atoms with van der Waals surface area (Å²) >= 11 is 1.58. The molecule has 0 unspecified atom stereocenters.